The first-order chi connectivity index (χ1) is 8.45. The van der Waals surface area contributed by atoms with Crippen molar-refractivity contribution in [3.8, 4) is 0 Å². The van der Waals surface area contributed by atoms with E-state index in [1.165, 1.54) is 9.75 Å². The Morgan fingerprint density at radius 2 is 2.00 bits per heavy atom. The first kappa shape index (κ1) is 18.4. The van der Waals surface area contributed by atoms with Crippen LogP contribution in [0.4, 0.5) is 0 Å². The molecule has 0 saturated heterocycles. The highest BCUT2D eigenvalue weighted by molar-refractivity contribution is 7.11. The number of nitrogens with zero attached hydrogens (tertiary/aromatic N) is 1. The van der Waals surface area contributed by atoms with Crippen LogP contribution in [0.5, 0.6) is 0 Å². The van der Waals surface area contributed by atoms with Gasteiger partial charge in [-0.15, -0.1) is 23.7 Å². The molecule has 0 bridgehead atoms. The predicted molar refractivity (Wildman–Crippen MR) is 85.1 cm³/mol. The summed E-state index contributed by atoms with van der Waals surface area (Å²) in [6.07, 6.45) is 0. The van der Waals surface area contributed by atoms with Gasteiger partial charge in [-0.1, -0.05) is 6.92 Å². The summed E-state index contributed by atoms with van der Waals surface area (Å²) in [5, 5.41) is 3.07. The van der Waals surface area contributed by atoms with Gasteiger partial charge in [0.2, 0.25) is 5.91 Å². The Morgan fingerprint density at radius 3 is 2.42 bits per heavy atom. The molecule has 0 spiro atoms. The Hall–Kier alpha value is -0.580. The molecule has 0 aliphatic carbocycles. The molecule has 19 heavy (non-hydrogen) atoms. The average Bonchev–Trinajstić information content (AvgIpc) is 2.71. The van der Waals surface area contributed by atoms with E-state index in [2.05, 4.69) is 38.2 Å². The quantitative estimate of drug-likeness (QED) is 0.876. The normalized spacial score (nSPS) is 12.1. The van der Waals surface area contributed by atoms with Crippen molar-refractivity contribution in [1.29, 1.82) is 0 Å². The summed E-state index contributed by atoms with van der Waals surface area (Å²) in [6.45, 7) is 9.68. The largest absolute Gasteiger partial charge is 0.335 e. The van der Waals surface area contributed by atoms with Gasteiger partial charge in [0.05, 0.1) is 6.54 Å². The number of nitrogens with one attached hydrogen (secondary N) is 1. The molecule has 0 aliphatic rings. The van der Waals surface area contributed by atoms with Crippen LogP contribution in [-0.4, -0.2) is 30.4 Å². The zero-order valence-electron chi connectivity index (χ0n) is 12.4. The van der Waals surface area contributed by atoms with Crippen LogP contribution in [0, 0.1) is 12.8 Å². The fourth-order valence-corrected chi connectivity index (χ4v) is 2.82. The van der Waals surface area contributed by atoms with Crippen LogP contribution in [0.15, 0.2) is 12.1 Å². The van der Waals surface area contributed by atoms with Crippen molar-refractivity contribution in [2.75, 3.05) is 13.6 Å². The SMILES string of the molecule is CNCC(C)C(=O)N(Cc1ccc(C)s1)C(C)C.Cl. The molecule has 0 radical (unpaired) electrons. The summed E-state index contributed by atoms with van der Waals surface area (Å²) in [4.78, 5) is 16.9. The Kier molecular flexibility index (Phi) is 8.30. The maximum atomic E-state index is 12.4. The Balaban J connectivity index is 0.00000324. The first-order valence-corrected chi connectivity index (χ1v) is 7.27. The Morgan fingerprint density at radius 1 is 1.37 bits per heavy atom. The fraction of sp³-hybridized carbons (Fsp3) is 0.643. The van der Waals surface area contributed by atoms with E-state index >= 15 is 0 Å². The van der Waals surface area contributed by atoms with Crippen LogP contribution < -0.4 is 5.32 Å². The molecule has 0 saturated carbocycles. The second-order valence-electron chi connectivity index (χ2n) is 5.03. The molecule has 0 aliphatic heterocycles. The van der Waals surface area contributed by atoms with Gasteiger partial charge >= 0.3 is 0 Å². The predicted octanol–water partition coefficient (Wildman–Crippen LogP) is 3.07. The molecular formula is C14H25ClN2OS. The molecule has 1 amide bonds. The molecular weight excluding hydrogens is 280 g/mol. The van der Waals surface area contributed by atoms with E-state index in [-0.39, 0.29) is 30.3 Å². The fourth-order valence-electron chi connectivity index (χ4n) is 1.93. The van der Waals surface area contributed by atoms with E-state index in [9.17, 15) is 4.79 Å². The third kappa shape index (κ3) is 5.51. The maximum Gasteiger partial charge on any atom is 0.227 e. The lowest BCUT2D eigenvalue weighted by Crippen LogP contribution is -2.41. The first-order valence-electron chi connectivity index (χ1n) is 6.46. The van der Waals surface area contributed by atoms with Crippen LogP contribution in [0.2, 0.25) is 0 Å². The molecule has 0 aromatic carbocycles. The van der Waals surface area contributed by atoms with Crippen molar-refractivity contribution in [3.63, 3.8) is 0 Å². The van der Waals surface area contributed by atoms with Gasteiger partial charge in [-0.2, -0.15) is 0 Å². The van der Waals surface area contributed by atoms with Crippen LogP contribution in [0.3, 0.4) is 0 Å². The van der Waals surface area contributed by atoms with Gasteiger partial charge in [-0.25, -0.2) is 0 Å². The average molecular weight is 305 g/mol. The zero-order chi connectivity index (χ0) is 13.7. The monoisotopic (exact) mass is 304 g/mol. The van der Waals surface area contributed by atoms with E-state index in [0.29, 0.717) is 0 Å². The maximum absolute atomic E-state index is 12.4. The van der Waals surface area contributed by atoms with E-state index in [1.54, 1.807) is 11.3 Å². The highest BCUT2D eigenvalue weighted by Crippen LogP contribution is 2.19. The summed E-state index contributed by atoms with van der Waals surface area (Å²) in [6, 6.07) is 4.46. The molecule has 0 fully saturated rings. The van der Waals surface area contributed by atoms with Crippen molar-refractivity contribution in [3.05, 3.63) is 21.9 Å². The molecule has 1 N–H and O–H groups in total. The van der Waals surface area contributed by atoms with E-state index in [0.717, 1.165) is 13.1 Å². The minimum absolute atomic E-state index is 0. The molecule has 3 nitrogen and oxygen atoms in total. The van der Waals surface area contributed by atoms with E-state index < -0.39 is 0 Å². The highest BCUT2D eigenvalue weighted by Gasteiger charge is 2.22. The molecule has 1 aromatic rings. The number of thiophene rings is 1. The summed E-state index contributed by atoms with van der Waals surface area (Å²) >= 11 is 1.77. The van der Waals surface area contributed by atoms with Gasteiger partial charge in [-0.3, -0.25) is 4.79 Å². The molecule has 110 valence electrons. The highest BCUT2D eigenvalue weighted by atomic mass is 35.5. The van der Waals surface area contributed by atoms with Crippen LogP contribution in [-0.2, 0) is 11.3 Å². The lowest BCUT2D eigenvalue weighted by molar-refractivity contribution is -0.137. The topological polar surface area (TPSA) is 32.3 Å². The number of aryl methyl sites for hydroxylation is 1. The van der Waals surface area contributed by atoms with Crippen LogP contribution in [0.1, 0.15) is 30.5 Å². The van der Waals surface area contributed by atoms with E-state index in [4.69, 9.17) is 0 Å². The van der Waals surface area contributed by atoms with Crippen molar-refractivity contribution in [2.24, 2.45) is 5.92 Å². The number of carbonyl (C=O) groups excluding carboxylic acids is 1. The van der Waals surface area contributed by atoms with Gasteiger partial charge in [-0.05, 0) is 40.0 Å². The molecule has 1 aromatic heterocycles. The molecule has 5 heteroatoms. The van der Waals surface area contributed by atoms with Gasteiger partial charge in [0.15, 0.2) is 0 Å². The van der Waals surface area contributed by atoms with Crippen LogP contribution >= 0.6 is 23.7 Å². The Bertz CT molecular complexity index is 393. The Labute approximate surface area is 126 Å². The number of rotatable bonds is 6. The van der Waals surface area contributed by atoms with Crippen molar-refractivity contribution >= 4 is 29.7 Å². The smallest absolute Gasteiger partial charge is 0.227 e. The third-order valence-corrected chi connectivity index (χ3v) is 3.95. The lowest BCUT2D eigenvalue weighted by atomic mass is 10.1. The standard InChI is InChI=1S/C14H24N2OS.ClH/c1-10(2)16(14(17)11(3)8-15-5)9-13-7-6-12(4)18-13;/h6-7,10-11,15H,8-9H2,1-5H3;1H. The number of carbonyl (C=O) groups is 1. The summed E-state index contributed by atoms with van der Waals surface area (Å²) < 4.78 is 0. The minimum atomic E-state index is 0. The molecule has 1 rings (SSSR count). The van der Waals surface area contributed by atoms with Crippen molar-refractivity contribution < 1.29 is 4.79 Å². The van der Waals surface area contributed by atoms with Gasteiger partial charge in [0.1, 0.15) is 0 Å². The van der Waals surface area contributed by atoms with Crippen molar-refractivity contribution in [2.45, 2.75) is 40.3 Å². The summed E-state index contributed by atoms with van der Waals surface area (Å²) in [7, 11) is 1.88. The molecule has 1 heterocycles. The van der Waals surface area contributed by atoms with Gasteiger partial charge in [0.25, 0.3) is 0 Å². The van der Waals surface area contributed by atoms with Gasteiger partial charge < -0.3 is 10.2 Å². The zero-order valence-corrected chi connectivity index (χ0v) is 14.0. The van der Waals surface area contributed by atoms with Gasteiger partial charge in [0, 0.05) is 28.3 Å². The number of halogens is 1. The summed E-state index contributed by atoms with van der Waals surface area (Å²) in [5.41, 5.74) is 0. The molecule has 1 unspecified atom stereocenters. The van der Waals surface area contributed by atoms with Crippen LogP contribution in [0.25, 0.3) is 0 Å². The number of hydrogen-bond donors (Lipinski definition) is 1. The molecule has 1 atom stereocenters. The summed E-state index contributed by atoms with van der Waals surface area (Å²) in [5.74, 6) is 0.254. The second-order valence-corrected chi connectivity index (χ2v) is 6.40. The number of hydrogen-bond acceptors (Lipinski definition) is 3. The van der Waals surface area contributed by atoms with Crippen molar-refractivity contribution in [1.82, 2.24) is 10.2 Å². The lowest BCUT2D eigenvalue weighted by Gasteiger charge is -2.29. The van der Waals surface area contributed by atoms with E-state index in [1.807, 2.05) is 18.9 Å². The third-order valence-electron chi connectivity index (χ3n) is 2.96. The minimum Gasteiger partial charge on any atom is -0.335 e. The second kappa shape index (κ2) is 8.56. The number of amides is 1.